The average molecular weight is 286 g/mol. The summed E-state index contributed by atoms with van der Waals surface area (Å²) < 4.78 is 18.6. The number of benzene rings is 2. The lowest BCUT2D eigenvalue weighted by Gasteiger charge is -2.24. The molecule has 1 aliphatic heterocycles. The summed E-state index contributed by atoms with van der Waals surface area (Å²) in [5, 5.41) is 0. The molecule has 0 spiro atoms. The highest BCUT2D eigenvalue weighted by Crippen LogP contribution is 2.30. The van der Waals surface area contributed by atoms with Gasteiger partial charge in [-0.25, -0.2) is 4.39 Å². The van der Waals surface area contributed by atoms with Crippen molar-refractivity contribution < 1.29 is 9.13 Å². The van der Waals surface area contributed by atoms with Gasteiger partial charge in [-0.15, -0.1) is 0 Å². The number of nitrogens with two attached hydrogens (primary N) is 1. The number of hydrogen-bond acceptors (Lipinski definition) is 3. The second-order valence-electron chi connectivity index (χ2n) is 5.35. The van der Waals surface area contributed by atoms with Crippen molar-refractivity contribution in [2.45, 2.75) is 12.5 Å². The average Bonchev–Trinajstić information content (AvgIpc) is 2.89. The van der Waals surface area contributed by atoms with Gasteiger partial charge in [0.25, 0.3) is 0 Å². The summed E-state index contributed by atoms with van der Waals surface area (Å²) in [6.45, 7) is 1.56. The fourth-order valence-electron chi connectivity index (χ4n) is 2.82. The van der Waals surface area contributed by atoms with Gasteiger partial charge < -0.3 is 15.4 Å². The molecule has 0 amide bonds. The third kappa shape index (κ3) is 2.85. The molecule has 3 nitrogen and oxygen atoms in total. The Morgan fingerprint density at radius 1 is 1.29 bits per heavy atom. The van der Waals surface area contributed by atoms with Crippen LogP contribution in [0.5, 0.6) is 5.75 Å². The monoisotopic (exact) mass is 286 g/mol. The van der Waals surface area contributed by atoms with Crippen LogP contribution in [-0.4, -0.2) is 20.2 Å². The van der Waals surface area contributed by atoms with E-state index < -0.39 is 0 Å². The van der Waals surface area contributed by atoms with Crippen molar-refractivity contribution >= 4 is 5.69 Å². The van der Waals surface area contributed by atoms with E-state index in [0.29, 0.717) is 6.54 Å². The summed E-state index contributed by atoms with van der Waals surface area (Å²) in [7, 11) is 1.64. The van der Waals surface area contributed by atoms with Crippen LogP contribution < -0.4 is 15.4 Å². The van der Waals surface area contributed by atoms with Gasteiger partial charge in [-0.1, -0.05) is 18.2 Å². The Hall–Kier alpha value is -2.07. The molecular weight excluding hydrogens is 267 g/mol. The molecule has 0 saturated heterocycles. The molecule has 0 aromatic heterocycles. The van der Waals surface area contributed by atoms with Crippen molar-refractivity contribution in [1.29, 1.82) is 0 Å². The van der Waals surface area contributed by atoms with E-state index in [1.165, 1.54) is 11.6 Å². The molecule has 2 aromatic rings. The fourth-order valence-corrected chi connectivity index (χ4v) is 2.82. The highest BCUT2D eigenvalue weighted by Gasteiger charge is 2.22. The van der Waals surface area contributed by atoms with Crippen molar-refractivity contribution in [1.82, 2.24) is 0 Å². The van der Waals surface area contributed by atoms with Crippen LogP contribution in [-0.2, 0) is 6.42 Å². The predicted octanol–water partition coefficient (Wildman–Crippen LogP) is 2.90. The Morgan fingerprint density at radius 2 is 2.14 bits per heavy atom. The number of methoxy groups -OCH3 is 1. The van der Waals surface area contributed by atoms with Crippen LogP contribution in [0, 0.1) is 5.82 Å². The first kappa shape index (κ1) is 13.9. The van der Waals surface area contributed by atoms with Crippen molar-refractivity contribution in [2.24, 2.45) is 5.73 Å². The number of fused-ring (bicyclic) bond motifs is 1. The second kappa shape index (κ2) is 5.74. The zero-order valence-electron chi connectivity index (χ0n) is 12.1. The van der Waals surface area contributed by atoms with Gasteiger partial charge in [-0.2, -0.15) is 0 Å². The standard InChI is InChI=1S/C17H19FN2O/c1-21-15-4-2-3-13(9-15)16(19)11-20-8-7-12-5-6-14(18)10-17(12)20/h2-6,9-10,16H,7-8,11,19H2,1H3. The predicted molar refractivity (Wildman–Crippen MR) is 82.2 cm³/mol. The summed E-state index contributed by atoms with van der Waals surface area (Å²) in [6, 6.07) is 12.6. The molecule has 2 N–H and O–H groups in total. The molecule has 3 rings (SSSR count). The van der Waals surface area contributed by atoms with E-state index in [4.69, 9.17) is 10.5 Å². The van der Waals surface area contributed by atoms with Gasteiger partial charge in [0, 0.05) is 24.8 Å². The first-order valence-corrected chi connectivity index (χ1v) is 7.10. The van der Waals surface area contributed by atoms with Crippen LogP contribution in [0.3, 0.4) is 0 Å². The van der Waals surface area contributed by atoms with Crippen molar-refractivity contribution in [3.05, 3.63) is 59.4 Å². The molecule has 2 aromatic carbocycles. The number of nitrogens with zero attached hydrogens (tertiary/aromatic N) is 1. The van der Waals surface area contributed by atoms with Crippen LogP contribution in [0.2, 0.25) is 0 Å². The molecule has 0 saturated carbocycles. The summed E-state index contributed by atoms with van der Waals surface area (Å²) in [6.07, 6.45) is 0.945. The first-order chi connectivity index (χ1) is 10.2. The number of halogens is 1. The SMILES string of the molecule is COc1cccc(C(N)CN2CCc3ccc(F)cc32)c1. The maximum atomic E-state index is 13.4. The van der Waals surface area contributed by atoms with E-state index in [-0.39, 0.29) is 11.9 Å². The van der Waals surface area contributed by atoms with E-state index in [1.54, 1.807) is 13.2 Å². The second-order valence-corrected chi connectivity index (χ2v) is 5.35. The lowest BCUT2D eigenvalue weighted by atomic mass is 10.1. The van der Waals surface area contributed by atoms with Crippen molar-refractivity contribution in [2.75, 3.05) is 25.1 Å². The van der Waals surface area contributed by atoms with Gasteiger partial charge >= 0.3 is 0 Å². The molecule has 1 unspecified atom stereocenters. The van der Waals surface area contributed by atoms with Crippen molar-refractivity contribution in [3.8, 4) is 5.75 Å². The minimum atomic E-state index is -0.199. The zero-order valence-corrected chi connectivity index (χ0v) is 12.1. The van der Waals surface area contributed by atoms with Gasteiger partial charge in [-0.05, 0) is 41.8 Å². The maximum absolute atomic E-state index is 13.4. The Labute approximate surface area is 124 Å². The molecule has 1 aliphatic rings. The van der Waals surface area contributed by atoms with Crippen LogP contribution in [0.25, 0.3) is 0 Å². The largest absolute Gasteiger partial charge is 0.497 e. The highest BCUT2D eigenvalue weighted by molar-refractivity contribution is 5.58. The molecule has 1 atom stereocenters. The summed E-state index contributed by atoms with van der Waals surface area (Å²) in [5.74, 6) is 0.603. The van der Waals surface area contributed by atoms with E-state index in [1.807, 2.05) is 30.3 Å². The van der Waals surface area contributed by atoms with Gasteiger partial charge in [-0.3, -0.25) is 0 Å². The lowest BCUT2D eigenvalue weighted by molar-refractivity contribution is 0.414. The van der Waals surface area contributed by atoms with Gasteiger partial charge in [0.05, 0.1) is 7.11 Å². The Balaban J connectivity index is 1.77. The van der Waals surface area contributed by atoms with Crippen LogP contribution in [0.4, 0.5) is 10.1 Å². The van der Waals surface area contributed by atoms with Crippen LogP contribution in [0.1, 0.15) is 17.2 Å². The summed E-state index contributed by atoms with van der Waals surface area (Å²) in [4.78, 5) is 2.16. The van der Waals surface area contributed by atoms with E-state index in [0.717, 1.165) is 30.0 Å². The molecule has 0 bridgehead atoms. The normalized spacial score (nSPS) is 14.9. The molecule has 110 valence electrons. The molecule has 4 heteroatoms. The lowest BCUT2D eigenvalue weighted by Crippen LogP contribution is -2.30. The third-order valence-electron chi connectivity index (χ3n) is 3.98. The molecule has 0 radical (unpaired) electrons. The number of hydrogen-bond donors (Lipinski definition) is 1. The Morgan fingerprint density at radius 3 is 2.95 bits per heavy atom. The fraction of sp³-hybridized carbons (Fsp3) is 0.294. The van der Waals surface area contributed by atoms with E-state index in [9.17, 15) is 4.39 Å². The van der Waals surface area contributed by atoms with Crippen molar-refractivity contribution in [3.63, 3.8) is 0 Å². The summed E-state index contributed by atoms with van der Waals surface area (Å²) in [5.41, 5.74) is 9.48. The zero-order chi connectivity index (χ0) is 14.8. The van der Waals surface area contributed by atoms with Gasteiger partial charge in [0.2, 0.25) is 0 Å². The molecule has 1 heterocycles. The molecular formula is C17H19FN2O. The van der Waals surface area contributed by atoms with Crippen LogP contribution in [0.15, 0.2) is 42.5 Å². The van der Waals surface area contributed by atoms with Gasteiger partial charge in [0.1, 0.15) is 11.6 Å². The summed E-state index contributed by atoms with van der Waals surface area (Å²) >= 11 is 0. The molecule has 21 heavy (non-hydrogen) atoms. The first-order valence-electron chi connectivity index (χ1n) is 7.10. The highest BCUT2D eigenvalue weighted by atomic mass is 19.1. The maximum Gasteiger partial charge on any atom is 0.125 e. The van der Waals surface area contributed by atoms with Crippen LogP contribution >= 0.6 is 0 Å². The Bertz CT molecular complexity index is 644. The minimum Gasteiger partial charge on any atom is -0.497 e. The third-order valence-corrected chi connectivity index (χ3v) is 3.98. The number of ether oxygens (including phenoxy) is 1. The van der Waals surface area contributed by atoms with E-state index in [2.05, 4.69) is 4.90 Å². The Kier molecular flexibility index (Phi) is 3.80. The molecule has 0 aliphatic carbocycles. The minimum absolute atomic E-state index is 0.130. The smallest absolute Gasteiger partial charge is 0.125 e. The number of rotatable bonds is 4. The number of anilines is 1. The van der Waals surface area contributed by atoms with E-state index >= 15 is 0 Å². The molecule has 0 fully saturated rings. The van der Waals surface area contributed by atoms with Gasteiger partial charge in [0.15, 0.2) is 0 Å². The topological polar surface area (TPSA) is 38.5 Å². The quantitative estimate of drug-likeness (QED) is 0.939.